The molecule has 0 radical (unpaired) electrons. The molecule has 1 aromatic rings. The third-order valence-corrected chi connectivity index (χ3v) is 2.30. The second kappa shape index (κ2) is 4.42. The molecule has 0 heterocycles. The molecule has 0 atom stereocenters. The van der Waals surface area contributed by atoms with Gasteiger partial charge in [0.1, 0.15) is 0 Å². The summed E-state index contributed by atoms with van der Waals surface area (Å²) in [4.78, 5) is 0. The van der Waals surface area contributed by atoms with Gasteiger partial charge in [0.15, 0.2) is 0 Å². The number of rotatable bonds is 2. The van der Waals surface area contributed by atoms with E-state index in [4.69, 9.17) is 5.84 Å². The third kappa shape index (κ3) is 2.56. The smallest absolute Gasteiger partial charge is 0.0698 e. The molecule has 0 aliphatic carbocycles. The molecule has 2 nitrogen and oxygen atoms in total. The van der Waals surface area contributed by atoms with E-state index in [9.17, 15) is 0 Å². The molecule has 1 rings (SSSR count). The molecule has 0 saturated heterocycles. The minimum absolute atomic E-state index is 0.347. The van der Waals surface area contributed by atoms with Crippen LogP contribution < -0.4 is 5.84 Å². The van der Waals surface area contributed by atoms with Crippen LogP contribution in [0.15, 0.2) is 33.8 Å². The van der Waals surface area contributed by atoms with Crippen LogP contribution in [0.4, 0.5) is 0 Å². The minimum Gasteiger partial charge on any atom is -0.323 e. The normalized spacial score (nSPS) is 12.2. The molecule has 0 saturated carbocycles. The minimum atomic E-state index is 0.347. The molecule has 0 bridgehead atoms. The summed E-state index contributed by atoms with van der Waals surface area (Å²) in [6.07, 6.45) is 0. The van der Waals surface area contributed by atoms with Crippen molar-refractivity contribution >= 4 is 21.6 Å². The molecule has 0 aromatic heterocycles. The highest BCUT2D eigenvalue weighted by Gasteiger charge is 2.07. The highest BCUT2D eigenvalue weighted by Crippen LogP contribution is 2.15. The van der Waals surface area contributed by atoms with Crippen LogP contribution in [0.1, 0.15) is 19.4 Å². The highest BCUT2D eigenvalue weighted by molar-refractivity contribution is 9.10. The Morgan fingerprint density at radius 2 is 2.15 bits per heavy atom. The second-order valence-electron chi connectivity index (χ2n) is 3.18. The molecule has 3 heteroatoms. The highest BCUT2D eigenvalue weighted by atomic mass is 79.9. The van der Waals surface area contributed by atoms with Crippen LogP contribution >= 0.6 is 15.9 Å². The summed E-state index contributed by atoms with van der Waals surface area (Å²) in [6, 6.07) is 7.99. The molecule has 0 spiro atoms. The summed E-state index contributed by atoms with van der Waals surface area (Å²) < 4.78 is 1.05. The van der Waals surface area contributed by atoms with Gasteiger partial charge >= 0.3 is 0 Å². The number of benzene rings is 1. The molecule has 70 valence electrons. The monoisotopic (exact) mass is 240 g/mol. The van der Waals surface area contributed by atoms with Gasteiger partial charge in [-0.1, -0.05) is 41.9 Å². The van der Waals surface area contributed by atoms with Crippen molar-refractivity contribution in [3.63, 3.8) is 0 Å². The van der Waals surface area contributed by atoms with Crippen LogP contribution in [-0.4, -0.2) is 5.71 Å². The van der Waals surface area contributed by atoms with Crippen LogP contribution in [-0.2, 0) is 0 Å². The number of nitrogens with zero attached hydrogens (tertiary/aromatic N) is 1. The van der Waals surface area contributed by atoms with Gasteiger partial charge < -0.3 is 5.84 Å². The van der Waals surface area contributed by atoms with E-state index in [-0.39, 0.29) is 0 Å². The molecular weight excluding hydrogens is 228 g/mol. The number of halogens is 1. The predicted octanol–water partition coefficient (Wildman–Crippen LogP) is 2.77. The van der Waals surface area contributed by atoms with E-state index in [0.717, 1.165) is 15.7 Å². The average molecular weight is 241 g/mol. The first-order valence-corrected chi connectivity index (χ1v) is 4.98. The van der Waals surface area contributed by atoms with Gasteiger partial charge in [-0.25, -0.2) is 0 Å². The number of nitrogens with two attached hydrogens (primary N) is 1. The Morgan fingerprint density at radius 3 is 2.62 bits per heavy atom. The maximum Gasteiger partial charge on any atom is 0.0698 e. The summed E-state index contributed by atoms with van der Waals surface area (Å²) in [5.41, 5.74) is 2.01. The van der Waals surface area contributed by atoms with E-state index in [2.05, 4.69) is 34.9 Å². The Kier molecular flexibility index (Phi) is 3.48. The SMILES string of the molecule is CC(C)/C(=N/N)c1cccc(Br)c1. The maximum atomic E-state index is 5.33. The maximum absolute atomic E-state index is 5.33. The summed E-state index contributed by atoms with van der Waals surface area (Å²) >= 11 is 3.41. The van der Waals surface area contributed by atoms with Crippen LogP contribution in [0.2, 0.25) is 0 Å². The van der Waals surface area contributed by atoms with Crippen molar-refractivity contribution in [3.8, 4) is 0 Å². The molecular formula is C10H13BrN2. The lowest BCUT2D eigenvalue weighted by atomic mass is 10.0. The first-order valence-electron chi connectivity index (χ1n) is 4.19. The first kappa shape index (κ1) is 10.3. The fraction of sp³-hybridized carbons (Fsp3) is 0.300. The Hall–Kier alpha value is -0.830. The zero-order chi connectivity index (χ0) is 9.84. The summed E-state index contributed by atoms with van der Waals surface area (Å²) in [5.74, 6) is 5.68. The predicted molar refractivity (Wildman–Crippen MR) is 59.7 cm³/mol. The lowest BCUT2D eigenvalue weighted by Crippen LogP contribution is -2.11. The lowest BCUT2D eigenvalue weighted by Gasteiger charge is -2.08. The fourth-order valence-electron chi connectivity index (χ4n) is 1.20. The topological polar surface area (TPSA) is 38.4 Å². The summed E-state index contributed by atoms with van der Waals surface area (Å²) in [5, 5.41) is 3.79. The molecule has 0 unspecified atom stereocenters. The zero-order valence-electron chi connectivity index (χ0n) is 7.79. The molecule has 2 N–H and O–H groups in total. The van der Waals surface area contributed by atoms with Crippen molar-refractivity contribution in [2.45, 2.75) is 13.8 Å². The van der Waals surface area contributed by atoms with Crippen molar-refractivity contribution in [2.75, 3.05) is 0 Å². The molecule has 0 aliphatic rings. The van der Waals surface area contributed by atoms with E-state index in [1.807, 2.05) is 24.3 Å². The molecule has 0 amide bonds. The summed E-state index contributed by atoms with van der Waals surface area (Å²) in [7, 11) is 0. The van der Waals surface area contributed by atoms with Crippen molar-refractivity contribution in [3.05, 3.63) is 34.3 Å². The van der Waals surface area contributed by atoms with Crippen LogP contribution in [0.5, 0.6) is 0 Å². The molecule has 0 fully saturated rings. The number of hydrogen-bond acceptors (Lipinski definition) is 2. The Bertz CT molecular complexity index is 318. The zero-order valence-corrected chi connectivity index (χ0v) is 9.38. The first-order chi connectivity index (χ1) is 6.15. The fourth-order valence-corrected chi connectivity index (χ4v) is 1.60. The van der Waals surface area contributed by atoms with Crippen LogP contribution in [0, 0.1) is 5.92 Å². The van der Waals surface area contributed by atoms with Crippen LogP contribution in [0.3, 0.4) is 0 Å². The average Bonchev–Trinajstić information content (AvgIpc) is 2.04. The molecule has 1 aromatic carbocycles. The van der Waals surface area contributed by atoms with Gasteiger partial charge in [0, 0.05) is 4.47 Å². The van der Waals surface area contributed by atoms with E-state index >= 15 is 0 Å². The Morgan fingerprint density at radius 1 is 1.46 bits per heavy atom. The third-order valence-electron chi connectivity index (χ3n) is 1.81. The Labute approximate surface area is 87.0 Å². The molecule has 0 aliphatic heterocycles. The Balaban J connectivity index is 3.06. The van der Waals surface area contributed by atoms with E-state index < -0.39 is 0 Å². The molecule has 13 heavy (non-hydrogen) atoms. The standard InChI is InChI=1S/C10H13BrN2/c1-7(2)10(13-12)8-4-3-5-9(11)6-8/h3-7H,12H2,1-2H3/b13-10-. The van der Waals surface area contributed by atoms with E-state index in [0.29, 0.717) is 5.92 Å². The van der Waals surface area contributed by atoms with Crippen molar-refractivity contribution < 1.29 is 0 Å². The van der Waals surface area contributed by atoms with Gasteiger partial charge in [0.05, 0.1) is 5.71 Å². The van der Waals surface area contributed by atoms with Crippen molar-refractivity contribution in [2.24, 2.45) is 16.9 Å². The van der Waals surface area contributed by atoms with Gasteiger partial charge in [-0.3, -0.25) is 0 Å². The van der Waals surface area contributed by atoms with Crippen LogP contribution in [0.25, 0.3) is 0 Å². The van der Waals surface area contributed by atoms with E-state index in [1.54, 1.807) is 0 Å². The van der Waals surface area contributed by atoms with Crippen molar-refractivity contribution in [1.82, 2.24) is 0 Å². The lowest BCUT2D eigenvalue weighted by molar-refractivity contribution is 0.876. The quantitative estimate of drug-likeness (QED) is 0.482. The van der Waals surface area contributed by atoms with E-state index in [1.165, 1.54) is 0 Å². The van der Waals surface area contributed by atoms with Gasteiger partial charge in [-0.2, -0.15) is 5.10 Å². The summed E-state index contributed by atoms with van der Waals surface area (Å²) in [6.45, 7) is 4.15. The van der Waals surface area contributed by atoms with Gasteiger partial charge in [0.2, 0.25) is 0 Å². The van der Waals surface area contributed by atoms with Gasteiger partial charge in [0.25, 0.3) is 0 Å². The number of hydrogen-bond donors (Lipinski definition) is 1. The van der Waals surface area contributed by atoms with Gasteiger partial charge in [-0.15, -0.1) is 0 Å². The largest absolute Gasteiger partial charge is 0.323 e. The second-order valence-corrected chi connectivity index (χ2v) is 4.10. The van der Waals surface area contributed by atoms with Crippen molar-refractivity contribution in [1.29, 1.82) is 0 Å². The van der Waals surface area contributed by atoms with Gasteiger partial charge in [-0.05, 0) is 23.6 Å². The number of hydrazone groups is 1.